The number of aromatic amines is 1. The average molecular weight is 432 g/mol. The second-order valence-corrected chi connectivity index (χ2v) is 8.01. The number of nitrogens with one attached hydrogen (secondary N) is 1. The van der Waals surface area contributed by atoms with Gasteiger partial charge in [-0.15, -0.1) is 0 Å². The van der Waals surface area contributed by atoms with E-state index in [1.54, 1.807) is 19.4 Å². The number of rotatable bonds is 3. The molecule has 2 aromatic carbocycles. The molecule has 31 heavy (non-hydrogen) atoms. The topological polar surface area (TPSA) is 69.9 Å². The van der Waals surface area contributed by atoms with Gasteiger partial charge in [0.1, 0.15) is 17.5 Å². The molecular formula is C24H18ClN3O3. The van der Waals surface area contributed by atoms with Crippen LogP contribution in [0.1, 0.15) is 27.7 Å². The number of ketones is 1. The minimum Gasteiger partial charge on any atom is -0.507 e. The Labute approximate surface area is 183 Å². The lowest BCUT2D eigenvalue weighted by Gasteiger charge is -2.37. The second-order valence-electron chi connectivity index (χ2n) is 7.58. The Bertz CT molecular complexity index is 1350. The van der Waals surface area contributed by atoms with E-state index in [1.165, 1.54) is 23.8 Å². The molecule has 5 rings (SSSR count). The van der Waals surface area contributed by atoms with E-state index in [0.29, 0.717) is 22.8 Å². The number of aromatic hydroxyl groups is 1. The molecule has 0 saturated heterocycles. The van der Waals surface area contributed by atoms with E-state index >= 15 is 0 Å². The first-order valence-corrected chi connectivity index (χ1v) is 10.2. The molecule has 2 aliphatic heterocycles. The Morgan fingerprint density at radius 2 is 2.16 bits per heavy atom. The van der Waals surface area contributed by atoms with Crippen molar-refractivity contribution >= 4 is 28.3 Å². The molecule has 0 fully saturated rings. The van der Waals surface area contributed by atoms with Gasteiger partial charge in [-0.1, -0.05) is 11.6 Å². The Balaban J connectivity index is 1.58. The molecule has 2 N–H and O–H groups in total. The number of hydrogen-bond donors (Lipinski definition) is 2. The van der Waals surface area contributed by atoms with Crippen LogP contribution in [0, 0.1) is 6.57 Å². The van der Waals surface area contributed by atoms with E-state index in [0.717, 1.165) is 28.8 Å². The number of methoxy groups -OCH3 is 1. The zero-order valence-corrected chi connectivity index (χ0v) is 17.4. The number of halogens is 1. The number of carbonyl (C=O) groups is 1. The number of allylic oxidation sites excluding steroid dienone is 2. The van der Waals surface area contributed by atoms with Gasteiger partial charge in [0, 0.05) is 39.9 Å². The van der Waals surface area contributed by atoms with Crippen LogP contribution < -0.4 is 4.74 Å². The average Bonchev–Trinajstić information content (AvgIpc) is 3.17. The number of phenols is 1. The van der Waals surface area contributed by atoms with Gasteiger partial charge in [0.05, 0.1) is 19.2 Å². The lowest BCUT2D eigenvalue weighted by atomic mass is 9.91. The van der Waals surface area contributed by atoms with Gasteiger partial charge < -0.3 is 19.7 Å². The van der Waals surface area contributed by atoms with Crippen LogP contribution in [0.2, 0.25) is 5.02 Å². The molecule has 0 amide bonds. The zero-order chi connectivity index (χ0) is 21.7. The minimum absolute atomic E-state index is 0.119. The van der Waals surface area contributed by atoms with Crippen LogP contribution in [0.5, 0.6) is 11.5 Å². The summed E-state index contributed by atoms with van der Waals surface area (Å²) in [6, 6.07) is 9.97. The summed E-state index contributed by atoms with van der Waals surface area (Å²) in [5.74, 6) is 0.280. The SMILES string of the molecule is [C-]#[N+]C1=CC(C(=O)c2cc(Cl)ccc2O)=CN2CCc3c([nH]c4ccc(OC)cc34)C12. The number of carbonyl (C=O) groups excluding carboxylic acids is 1. The third kappa shape index (κ3) is 3.06. The monoisotopic (exact) mass is 431 g/mol. The van der Waals surface area contributed by atoms with Crippen molar-refractivity contribution in [3.8, 4) is 11.5 Å². The van der Waals surface area contributed by atoms with E-state index < -0.39 is 0 Å². The normalized spacial score (nSPS) is 17.3. The number of H-pyrrole nitrogens is 1. The van der Waals surface area contributed by atoms with Crippen LogP contribution in [0.25, 0.3) is 15.7 Å². The van der Waals surface area contributed by atoms with Crippen LogP contribution in [-0.4, -0.2) is 34.4 Å². The standard InChI is InChI=1S/C24H18ClN3O3/c1-26-20-9-13(24(30)18-10-14(25)3-6-21(18)29)12-28-8-7-16-17-11-15(31-2)4-5-19(17)27-22(16)23(20)28/h3-6,9-12,23,27,29H,7-8H2,2H3. The summed E-state index contributed by atoms with van der Waals surface area (Å²) in [6.07, 6.45) is 4.15. The highest BCUT2D eigenvalue weighted by atomic mass is 35.5. The zero-order valence-electron chi connectivity index (χ0n) is 16.6. The van der Waals surface area contributed by atoms with Crippen molar-refractivity contribution in [1.82, 2.24) is 9.88 Å². The summed E-state index contributed by atoms with van der Waals surface area (Å²) in [4.78, 5) is 22.3. The maximum Gasteiger partial charge on any atom is 0.196 e. The predicted molar refractivity (Wildman–Crippen MR) is 118 cm³/mol. The van der Waals surface area contributed by atoms with Gasteiger partial charge in [-0.2, -0.15) is 0 Å². The van der Waals surface area contributed by atoms with Gasteiger partial charge in [0.15, 0.2) is 11.5 Å². The smallest absolute Gasteiger partial charge is 0.196 e. The third-order valence-corrected chi connectivity index (χ3v) is 6.09. The summed E-state index contributed by atoms with van der Waals surface area (Å²) in [5, 5.41) is 11.6. The molecule has 1 atom stereocenters. The molecule has 2 aliphatic rings. The lowest BCUT2D eigenvalue weighted by molar-refractivity contribution is 0.103. The molecule has 3 aromatic rings. The van der Waals surface area contributed by atoms with Crippen LogP contribution in [0.4, 0.5) is 0 Å². The maximum atomic E-state index is 13.1. The fourth-order valence-electron chi connectivity index (χ4n) is 4.39. The fourth-order valence-corrected chi connectivity index (χ4v) is 4.56. The highest BCUT2D eigenvalue weighted by Gasteiger charge is 2.35. The quantitative estimate of drug-likeness (QED) is 0.451. The summed E-state index contributed by atoms with van der Waals surface area (Å²) >= 11 is 6.01. The van der Waals surface area contributed by atoms with Crippen LogP contribution >= 0.6 is 11.6 Å². The highest BCUT2D eigenvalue weighted by molar-refractivity contribution is 6.31. The number of aromatic nitrogens is 1. The number of Topliss-reactive ketones (excluding diaryl/α,β-unsaturated/α-hetero) is 1. The molecule has 6 nitrogen and oxygen atoms in total. The third-order valence-electron chi connectivity index (χ3n) is 5.85. The molecule has 0 spiro atoms. The largest absolute Gasteiger partial charge is 0.507 e. The van der Waals surface area contributed by atoms with Gasteiger partial charge in [-0.05, 0) is 54.5 Å². The van der Waals surface area contributed by atoms with Crippen molar-refractivity contribution in [2.45, 2.75) is 12.5 Å². The first-order valence-electron chi connectivity index (χ1n) is 9.78. The van der Waals surface area contributed by atoms with Gasteiger partial charge >= 0.3 is 0 Å². The van der Waals surface area contributed by atoms with Gasteiger partial charge in [0.25, 0.3) is 0 Å². The molecule has 154 valence electrons. The first kappa shape index (κ1) is 19.3. The molecule has 0 bridgehead atoms. The minimum atomic E-state index is -0.369. The van der Waals surface area contributed by atoms with Crippen LogP contribution in [-0.2, 0) is 6.42 Å². The molecule has 0 aliphatic carbocycles. The number of benzene rings is 2. The lowest BCUT2D eigenvalue weighted by Crippen LogP contribution is -2.34. The fraction of sp³-hybridized carbons (Fsp3) is 0.167. The van der Waals surface area contributed by atoms with Gasteiger partial charge in [-0.3, -0.25) is 4.79 Å². The van der Waals surface area contributed by atoms with E-state index in [9.17, 15) is 9.90 Å². The number of fused-ring (bicyclic) bond motifs is 5. The van der Waals surface area contributed by atoms with E-state index in [-0.39, 0.29) is 23.1 Å². The molecule has 1 unspecified atom stereocenters. The second kappa shape index (κ2) is 7.22. The molecule has 1 aromatic heterocycles. The molecule has 0 saturated carbocycles. The Kier molecular flexibility index (Phi) is 4.49. The van der Waals surface area contributed by atoms with Crippen molar-refractivity contribution in [2.24, 2.45) is 0 Å². The van der Waals surface area contributed by atoms with Crippen molar-refractivity contribution in [3.05, 3.63) is 93.2 Å². The van der Waals surface area contributed by atoms with Crippen LogP contribution in [0.15, 0.2) is 59.9 Å². The predicted octanol–water partition coefficient (Wildman–Crippen LogP) is 5.02. The summed E-state index contributed by atoms with van der Waals surface area (Å²) in [6.45, 7) is 8.42. The summed E-state index contributed by atoms with van der Waals surface area (Å²) < 4.78 is 5.37. The van der Waals surface area contributed by atoms with E-state index in [4.69, 9.17) is 22.9 Å². The van der Waals surface area contributed by atoms with Gasteiger partial charge in [-0.25, -0.2) is 4.85 Å². The summed E-state index contributed by atoms with van der Waals surface area (Å²) in [7, 11) is 1.64. The van der Waals surface area contributed by atoms with Crippen LogP contribution in [0.3, 0.4) is 0 Å². The van der Waals surface area contributed by atoms with Crippen molar-refractivity contribution < 1.29 is 14.6 Å². The van der Waals surface area contributed by atoms with Crippen molar-refractivity contribution in [2.75, 3.05) is 13.7 Å². The van der Waals surface area contributed by atoms with E-state index in [2.05, 4.69) is 9.83 Å². The number of nitrogens with zero attached hydrogens (tertiary/aromatic N) is 2. The van der Waals surface area contributed by atoms with Crippen molar-refractivity contribution in [3.63, 3.8) is 0 Å². The number of phenolic OH excluding ortho intramolecular Hbond substituents is 1. The summed E-state index contributed by atoms with van der Waals surface area (Å²) in [5.41, 5.74) is 4.04. The highest BCUT2D eigenvalue weighted by Crippen LogP contribution is 2.42. The molecular weight excluding hydrogens is 414 g/mol. The Morgan fingerprint density at radius 1 is 1.32 bits per heavy atom. The number of ether oxygens (including phenoxy) is 1. The van der Waals surface area contributed by atoms with Crippen molar-refractivity contribution in [1.29, 1.82) is 0 Å². The number of hydrogen-bond acceptors (Lipinski definition) is 4. The molecule has 3 heterocycles. The van der Waals surface area contributed by atoms with Gasteiger partial charge in [0.2, 0.25) is 0 Å². The molecule has 7 heteroatoms. The Morgan fingerprint density at radius 3 is 2.94 bits per heavy atom. The first-order chi connectivity index (χ1) is 15.0. The molecule has 0 radical (unpaired) electrons. The maximum absolute atomic E-state index is 13.1. The van der Waals surface area contributed by atoms with E-state index in [1.807, 2.05) is 23.1 Å². The Hall–Kier alpha value is -3.69.